The highest BCUT2D eigenvalue weighted by atomic mass is 16.5. The Labute approximate surface area is 134 Å². The van der Waals surface area contributed by atoms with Gasteiger partial charge >= 0.3 is 5.97 Å². The number of hydrogen-bond donors (Lipinski definition) is 1. The average Bonchev–Trinajstić information content (AvgIpc) is 3.12. The van der Waals surface area contributed by atoms with Crippen LogP contribution < -0.4 is 4.74 Å². The molecule has 2 rings (SSSR count). The van der Waals surface area contributed by atoms with Gasteiger partial charge in [-0.1, -0.05) is 18.5 Å². The average molecular weight is 323 g/mol. The highest BCUT2D eigenvalue weighted by molar-refractivity contribution is 5.87. The molecule has 0 radical (unpaired) electrons. The van der Waals surface area contributed by atoms with Crippen molar-refractivity contribution < 1.29 is 23.9 Å². The smallest absolute Gasteiger partial charge is 0.356 e. The van der Waals surface area contributed by atoms with E-state index >= 15 is 0 Å². The monoisotopic (exact) mass is 323 g/mol. The highest BCUT2D eigenvalue weighted by Gasteiger charge is 2.18. The Morgan fingerprint density at radius 2 is 2.26 bits per heavy atom. The lowest BCUT2D eigenvalue weighted by atomic mass is 10.1. The number of rotatable bonds is 8. The van der Waals surface area contributed by atoms with Crippen LogP contribution in [0.15, 0.2) is 10.6 Å². The molecule has 2 heterocycles. The second kappa shape index (κ2) is 7.77. The maximum atomic E-state index is 11.6. The van der Waals surface area contributed by atoms with Gasteiger partial charge in [-0.05, 0) is 12.8 Å². The molecule has 0 saturated carbocycles. The van der Waals surface area contributed by atoms with Gasteiger partial charge in [0.15, 0.2) is 5.76 Å². The molecule has 0 aliphatic rings. The Morgan fingerprint density at radius 3 is 2.91 bits per heavy atom. The van der Waals surface area contributed by atoms with E-state index in [0.717, 1.165) is 30.5 Å². The molecule has 0 aliphatic carbocycles. The lowest BCUT2D eigenvalue weighted by molar-refractivity contribution is 0.0588. The summed E-state index contributed by atoms with van der Waals surface area (Å²) in [6.07, 6.45) is 2.76. The molecule has 0 bridgehead atoms. The van der Waals surface area contributed by atoms with Crippen LogP contribution in [0.3, 0.4) is 0 Å². The van der Waals surface area contributed by atoms with E-state index < -0.39 is 5.97 Å². The van der Waals surface area contributed by atoms with Gasteiger partial charge in [0, 0.05) is 13.1 Å². The summed E-state index contributed by atoms with van der Waals surface area (Å²) < 4.78 is 16.8. The van der Waals surface area contributed by atoms with Crippen molar-refractivity contribution in [1.29, 1.82) is 0 Å². The van der Waals surface area contributed by atoms with Gasteiger partial charge in [0.25, 0.3) is 0 Å². The molecule has 0 amide bonds. The largest absolute Gasteiger partial charge is 0.472 e. The third-order valence-electron chi connectivity index (χ3n) is 3.48. The van der Waals surface area contributed by atoms with Gasteiger partial charge in [-0.2, -0.15) is 0 Å². The lowest BCUT2D eigenvalue weighted by Gasteiger charge is -2.04. The predicted octanol–water partition coefficient (Wildman–Crippen LogP) is 1.61. The molecule has 0 aromatic carbocycles. The minimum absolute atomic E-state index is 0.163. The van der Waals surface area contributed by atoms with Crippen LogP contribution in [0.5, 0.6) is 5.88 Å². The van der Waals surface area contributed by atoms with Crippen LogP contribution in [-0.4, -0.2) is 33.1 Å². The summed E-state index contributed by atoms with van der Waals surface area (Å²) in [5.74, 6) is 0.194. The molecule has 0 fully saturated rings. The van der Waals surface area contributed by atoms with Crippen molar-refractivity contribution in [2.75, 3.05) is 7.11 Å². The van der Waals surface area contributed by atoms with Crippen molar-refractivity contribution in [1.82, 2.24) is 14.9 Å². The zero-order chi connectivity index (χ0) is 16.8. The molecule has 8 heteroatoms. The molecule has 0 unspecified atom stereocenters. The van der Waals surface area contributed by atoms with Crippen LogP contribution in [0.1, 0.15) is 47.3 Å². The van der Waals surface area contributed by atoms with Crippen LogP contribution in [0.25, 0.3) is 0 Å². The first-order valence-corrected chi connectivity index (χ1v) is 7.43. The van der Waals surface area contributed by atoms with Gasteiger partial charge in [-0.15, -0.1) is 5.10 Å². The van der Waals surface area contributed by atoms with Crippen molar-refractivity contribution >= 4 is 5.97 Å². The number of carbonyl (C=O) groups is 1. The zero-order valence-corrected chi connectivity index (χ0v) is 13.5. The number of hydrogen-bond acceptors (Lipinski definition) is 7. The quantitative estimate of drug-likeness (QED) is 0.737. The van der Waals surface area contributed by atoms with Gasteiger partial charge < -0.3 is 19.1 Å². The molecule has 2 aromatic rings. The van der Waals surface area contributed by atoms with E-state index in [-0.39, 0.29) is 13.2 Å². The molecule has 8 nitrogen and oxygen atoms in total. The Kier molecular flexibility index (Phi) is 5.75. The summed E-state index contributed by atoms with van der Waals surface area (Å²) in [7, 11) is 2.94. The normalized spacial score (nSPS) is 10.8. The first-order chi connectivity index (χ1) is 11.1. The number of methoxy groups -OCH3 is 1. The summed E-state index contributed by atoms with van der Waals surface area (Å²) >= 11 is 0. The van der Waals surface area contributed by atoms with Gasteiger partial charge in [0.05, 0.1) is 18.4 Å². The summed E-state index contributed by atoms with van der Waals surface area (Å²) in [5, 5.41) is 17.4. The molecular formula is C15H21N3O5. The fourth-order valence-corrected chi connectivity index (χ4v) is 2.16. The molecule has 23 heavy (non-hydrogen) atoms. The number of aromatic nitrogens is 3. The standard InChI is InChI=1S/C15H21N3O5/c1-4-5-6-11-10(13(8-19)23-17-11)9-22-14-7-12(15(20)21-3)18(2)16-14/h7,19H,4-6,8-9H2,1-3H3. The summed E-state index contributed by atoms with van der Waals surface area (Å²) in [6.45, 7) is 2.01. The topological polar surface area (TPSA) is 99.6 Å². The van der Waals surface area contributed by atoms with Crippen LogP contribution >= 0.6 is 0 Å². The van der Waals surface area contributed by atoms with Crippen molar-refractivity contribution in [3.63, 3.8) is 0 Å². The maximum absolute atomic E-state index is 11.6. The first-order valence-electron chi connectivity index (χ1n) is 7.43. The second-order valence-corrected chi connectivity index (χ2v) is 5.06. The summed E-state index contributed by atoms with van der Waals surface area (Å²) in [4.78, 5) is 11.6. The van der Waals surface area contributed by atoms with E-state index in [0.29, 0.717) is 17.3 Å². The van der Waals surface area contributed by atoms with Gasteiger partial charge in [-0.3, -0.25) is 4.68 Å². The van der Waals surface area contributed by atoms with Gasteiger partial charge in [0.2, 0.25) is 5.88 Å². The van der Waals surface area contributed by atoms with Crippen LogP contribution in [0, 0.1) is 0 Å². The SMILES string of the molecule is CCCCc1noc(CO)c1COc1cc(C(=O)OC)n(C)n1. The molecule has 0 saturated heterocycles. The van der Waals surface area contributed by atoms with Crippen LogP contribution in [0.2, 0.25) is 0 Å². The number of ether oxygens (including phenoxy) is 2. The van der Waals surface area contributed by atoms with Crippen LogP contribution in [0.4, 0.5) is 0 Å². The van der Waals surface area contributed by atoms with E-state index in [1.807, 2.05) is 0 Å². The molecule has 0 spiro atoms. The highest BCUT2D eigenvalue weighted by Crippen LogP contribution is 2.20. The number of aryl methyl sites for hydroxylation is 2. The minimum atomic E-state index is -0.487. The predicted molar refractivity (Wildman–Crippen MR) is 79.9 cm³/mol. The number of unbranched alkanes of at least 4 members (excludes halogenated alkanes) is 1. The molecule has 1 N–H and O–H groups in total. The number of nitrogens with zero attached hydrogens (tertiary/aromatic N) is 3. The minimum Gasteiger partial charge on any atom is -0.472 e. The van der Waals surface area contributed by atoms with Crippen molar-refractivity contribution in [3.05, 3.63) is 28.8 Å². The Bertz CT molecular complexity index is 662. The summed E-state index contributed by atoms with van der Waals surface area (Å²) in [5.41, 5.74) is 1.80. The Morgan fingerprint density at radius 1 is 1.48 bits per heavy atom. The van der Waals surface area contributed by atoms with Crippen molar-refractivity contribution in [2.24, 2.45) is 7.05 Å². The van der Waals surface area contributed by atoms with Crippen molar-refractivity contribution in [2.45, 2.75) is 39.4 Å². The first kappa shape index (κ1) is 17.0. The number of aliphatic hydroxyl groups excluding tert-OH is 1. The van der Waals surface area contributed by atoms with Gasteiger partial charge in [-0.25, -0.2) is 4.79 Å². The number of carbonyl (C=O) groups excluding carboxylic acids is 1. The molecule has 0 aliphatic heterocycles. The van der Waals surface area contributed by atoms with E-state index in [2.05, 4.69) is 21.9 Å². The van der Waals surface area contributed by atoms with Crippen molar-refractivity contribution in [3.8, 4) is 5.88 Å². The van der Waals surface area contributed by atoms with E-state index in [9.17, 15) is 9.90 Å². The third kappa shape index (κ3) is 3.89. The maximum Gasteiger partial charge on any atom is 0.356 e. The molecule has 2 aromatic heterocycles. The molecular weight excluding hydrogens is 302 g/mol. The molecule has 0 atom stereocenters. The fraction of sp³-hybridized carbons (Fsp3) is 0.533. The molecule has 126 valence electrons. The van der Waals surface area contributed by atoms with Crippen LogP contribution in [-0.2, 0) is 31.4 Å². The Hall–Kier alpha value is -2.35. The fourth-order valence-electron chi connectivity index (χ4n) is 2.16. The summed E-state index contributed by atoms with van der Waals surface area (Å²) in [6, 6.07) is 1.50. The zero-order valence-electron chi connectivity index (χ0n) is 13.5. The third-order valence-corrected chi connectivity index (χ3v) is 3.48. The lowest BCUT2D eigenvalue weighted by Crippen LogP contribution is -2.07. The van der Waals surface area contributed by atoms with E-state index in [4.69, 9.17) is 9.26 Å². The van der Waals surface area contributed by atoms with Gasteiger partial charge in [0.1, 0.15) is 18.9 Å². The van der Waals surface area contributed by atoms with E-state index in [1.54, 1.807) is 7.05 Å². The second-order valence-electron chi connectivity index (χ2n) is 5.06. The number of aliphatic hydroxyl groups is 1. The van der Waals surface area contributed by atoms with E-state index in [1.165, 1.54) is 17.9 Å². The number of esters is 1. The Balaban J connectivity index is 2.11.